The number of rotatable bonds is 4. The van der Waals surface area contributed by atoms with E-state index in [-0.39, 0.29) is 5.91 Å². The Morgan fingerprint density at radius 1 is 0.931 bits per heavy atom. The molecule has 0 spiro atoms. The molecule has 1 aromatic heterocycles. The first-order chi connectivity index (χ1) is 14.2. The van der Waals surface area contributed by atoms with Crippen LogP contribution < -0.4 is 14.5 Å². The molecule has 154 valence electrons. The highest BCUT2D eigenvalue weighted by atomic mass is 16.5. The Hall–Kier alpha value is -2.83. The predicted octanol–water partition coefficient (Wildman–Crippen LogP) is 2.83. The summed E-state index contributed by atoms with van der Waals surface area (Å²) in [5.41, 5.74) is 0.694. The zero-order valence-corrected chi connectivity index (χ0v) is 17.3. The molecule has 1 atom stereocenters. The maximum atomic E-state index is 12.7. The Bertz CT molecular complexity index is 816. The monoisotopic (exact) mass is 395 g/mol. The smallest absolute Gasteiger partial charge is 0.253 e. The molecule has 7 nitrogen and oxygen atoms in total. The molecule has 4 rings (SSSR count). The van der Waals surface area contributed by atoms with E-state index in [1.54, 1.807) is 7.11 Å². The fourth-order valence-corrected chi connectivity index (χ4v) is 4.13. The molecule has 2 fully saturated rings. The van der Waals surface area contributed by atoms with Crippen molar-refractivity contribution in [1.29, 1.82) is 0 Å². The van der Waals surface area contributed by atoms with E-state index in [2.05, 4.69) is 39.1 Å². The van der Waals surface area contributed by atoms with Crippen LogP contribution in [0.15, 0.2) is 36.4 Å². The highest BCUT2D eigenvalue weighted by Gasteiger charge is 2.24. The molecule has 0 saturated carbocycles. The molecule has 3 heterocycles. The number of anilines is 2. The Kier molecular flexibility index (Phi) is 5.83. The zero-order chi connectivity index (χ0) is 20.2. The van der Waals surface area contributed by atoms with Crippen LogP contribution in [0.4, 0.5) is 11.6 Å². The van der Waals surface area contributed by atoms with E-state index in [1.807, 2.05) is 29.2 Å². The molecule has 1 unspecified atom stereocenters. The van der Waals surface area contributed by atoms with Gasteiger partial charge in [0.15, 0.2) is 11.6 Å². The number of hydrogen-bond acceptors (Lipinski definition) is 6. The number of methoxy groups -OCH3 is 1. The van der Waals surface area contributed by atoms with Gasteiger partial charge < -0.3 is 19.4 Å². The van der Waals surface area contributed by atoms with Crippen molar-refractivity contribution < 1.29 is 9.53 Å². The van der Waals surface area contributed by atoms with Crippen molar-refractivity contribution in [3.8, 4) is 5.75 Å². The number of carbonyl (C=O) groups is 1. The summed E-state index contributed by atoms with van der Waals surface area (Å²) >= 11 is 0. The van der Waals surface area contributed by atoms with Crippen molar-refractivity contribution >= 4 is 17.5 Å². The quantitative estimate of drug-likeness (QED) is 0.793. The number of nitrogens with zero attached hydrogens (tertiary/aromatic N) is 5. The molecule has 2 aliphatic rings. The van der Waals surface area contributed by atoms with Gasteiger partial charge in [-0.25, -0.2) is 0 Å². The van der Waals surface area contributed by atoms with Gasteiger partial charge in [0.05, 0.1) is 7.11 Å². The number of hydrogen-bond donors (Lipinski definition) is 0. The second-order valence-corrected chi connectivity index (χ2v) is 7.80. The number of piperazine rings is 1. The Morgan fingerprint density at radius 2 is 1.62 bits per heavy atom. The average molecular weight is 396 g/mol. The summed E-state index contributed by atoms with van der Waals surface area (Å²) in [6.07, 6.45) is 3.73. The van der Waals surface area contributed by atoms with Gasteiger partial charge in [-0.05, 0) is 62.6 Å². The lowest BCUT2D eigenvalue weighted by Gasteiger charge is -2.36. The summed E-state index contributed by atoms with van der Waals surface area (Å²) in [5.74, 6) is 2.67. The molecule has 0 bridgehead atoms. The van der Waals surface area contributed by atoms with Crippen molar-refractivity contribution in [1.82, 2.24) is 15.1 Å². The first-order valence-corrected chi connectivity index (χ1v) is 10.4. The van der Waals surface area contributed by atoms with Crippen LogP contribution >= 0.6 is 0 Å². The number of carbonyl (C=O) groups excluding carboxylic acids is 1. The van der Waals surface area contributed by atoms with Crippen LogP contribution in [0.25, 0.3) is 0 Å². The van der Waals surface area contributed by atoms with Crippen molar-refractivity contribution in [3.63, 3.8) is 0 Å². The average Bonchev–Trinajstić information content (AvgIpc) is 2.79. The van der Waals surface area contributed by atoms with E-state index in [9.17, 15) is 4.79 Å². The summed E-state index contributed by atoms with van der Waals surface area (Å²) in [4.78, 5) is 19.2. The van der Waals surface area contributed by atoms with E-state index in [0.29, 0.717) is 24.7 Å². The molecular weight excluding hydrogens is 366 g/mol. The Morgan fingerprint density at radius 3 is 2.24 bits per heavy atom. The minimum atomic E-state index is 0.0628. The fraction of sp³-hybridized carbons (Fsp3) is 0.500. The van der Waals surface area contributed by atoms with Gasteiger partial charge in [0.1, 0.15) is 5.75 Å². The van der Waals surface area contributed by atoms with Crippen molar-refractivity contribution in [2.75, 3.05) is 49.6 Å². The second-order valence-electron chi connectivity index (χ2n) is 7.80. The van der Waals surface area contributed by atoms with Gasteiger partial charge in [-0.3, -0.25) is 4.79 Å². The highest BCUT2D eigenvalue weighted by molar-refractivity contribution is 5.94. The van der Waals surface area contributed by atoms with E-state index < -0.39 is 0 Å². The largest absolute Gasteiger partial charge is 0.497 e. The Balaban J connectivity index is 1.34. The topological polar surface area (TPSA) is 61.8 Å². The lowest BCUT2D eigenvalue weighted by Crippen LogP contribution is -2.49. The standard InChI is InChI=1S/C22H29N5O2/c1-17-5-3-4-12-27(17)21-11-10-20(23-24-21)25-13-15-26(16-14-25)22(28)18-6-8-19(29-2)9-7-18/h6-11,17H,3-5,12-16H2,1-2H3. The van der Waals surface area contributed by atoms with Gasteiger partial charge in [-0.2, -0.15) is 0 Å². The van der Waals surface area contributed by atoms with Crippen LogP contribution in [0, 0.1) is 0 Å². The van der Waals surface area contributed by atoms with Crippen LogP contribution in [0.3, 0.4) is 0 Å². The zero-order valence-electron chi connectivity index (χ0n) is 17.3. The molecule has 0 N–H and O–H groups in total. The van der Waals surface area contributed by atoms with Crippen LogP contribution in [-0.4, -0.2) is 66.9 Å². The van der Waals surface area contributed by atoms with Crippen LogP contribution in [0.1, 0.15) is 36.5 Å². The molecule has 2 aliphatic heterocycles. The minimum Gasteiger partial charge on any atom is -0.497 e. The Labute approximate surface area is 172 Å². The third kappa shape index (κ3) is 4.28. The minimum absolute atomic E-state index is 0.0628. The van der Waals surface area contributed by atoms with E-state index in [1.165, 1.54) is 19.3 Å². The van der Waals surface area contributed by atoms with Crippen molar-refractivity contribution in [2.45, 2.75) is 32.2 Å². The first kappa shape index (κ1) is 19.5. The number of ether oxygens (including phenoxy) is 1. The number of aromatic nitrogens is 2. The fourth-order valence-electron chi connectivity index (χ4n) is 4.13. The summed E-state index contributed by atoms with van der Waals surface area (Å²) in [7, 11) is 1.62. The maximum Gasteiger partial charge on any atom is 0.253 e. The second kappa shape index (κ2) is 8.68. The summed E-state index contributed by atoms with van der Waals surface area (Å²) in [6.45, 7) is 6.19. The van der Waals surface area contributed by atoms with Crippen molar-refractivity contribution in [3.05, 3.63) is 42.0 Å². The van der Waals surface area contributed by atoms with Gasteiger partial charge in [0.2, 0.25) is 0 Å². The highest BCUT2D eigenvalue weighted by Crippen LogP contribution is 2.24. The van der Waals surface area contributed by atoms with Crippen LogP contribution in [-0.2, 0) is 0 Å². The van der Waals surface area contributed by atoms with E-state index >= 15 is 0 Å². The van der Waals surface area contributed by atoms with E-state index in [4.69, 9.17) is 4.74 Å². The molecule has 2 saturated heterocycles. The van der Waals surface area contributed by atoms with Gasteiger partial charge in [-0.15, -0.1) is 10.2 Å². The third-order valence-electron chi connectivity index (χ3n) is 5.96. The van der Waals surface area contributed by atoms with Gasteiger partial charge in [-0.1, -0.05) is 0 Å². The maximum absolute atomic E-state index is 12.7. The normalized spacial score (nSPS) is 19.9. The molecule has 7 heteroatoms. The van der Waals surface area contributed by atoms with E-state index in [0.717, 1.165) is 37.0 Å². The molecule has 0 aliphatic carbocycles. The molecular formula is C22H29N5O2. The molecule has 1 aromatic carbocycles. The predicted molar refractivity (Wildman–Crippen MR) is 114 cm³/mol. The number of benzene rings is 1. The van der Waals surface area contributed by atoms with Crippen molar-refractivity contribution in [2.24, 2.45) is 0 Å². The van der Waals surface area contributed by atoms with Gasteiger partial charge in [0, 0.05) is 44.3 Å². The molecule has 29 heavy (non-hydrogen) atoms. The summed E-state index contributed by atoms with van der Waals surface area (Å²) in [5, 5.41) is 8.96. The summed E-state index contributed by atoms with van der Waals surface area (Å²) in [6, 6.07) is 12.0. The van der Waals surface area contributed by atoms with Gasteiger partial charge >= 0.3 is 0 Å². The molecule has 0 radical (unpaired) electrons. The van der Waals surface area contributed by atoms with Gasteiger partial charge in [0.25, 0.3) is 5.91 Å². The lowest BCUT2D eigenvalue weighted by molar-refractivity contribution is 0.0746. The molecule has 1 amide bonds. The summed E-state index contributed by atoms with van der Waals surface area (Å²) < 4.78 is 5.16. The lowest BCUT2D eigenvalue weighted by atomic mass is 10.0. The first-order valence-electron chi connectivity index (χ1n) is 10.4. The number of amides is 1. The molecule has 2 aromatic rings. The SMILES string of the molecule is COc1ccc(C(=O)N2CCN(c3ccc(N4CCCCC4C)nn3)CC2)cc1. The third-order valence-corrected chi connectivity index (χ3v) is 5.96. The van der Waals surface area contributed by atoms with Crippen LogP contribution in [0.2, 0.25) is 0 Å². The van der Waals surface area contributed by atoms with Crippen LogP contribution in [0.5, 0.6) is 5.75 Å². The number of piperidine rings is 1.